The van der Waals surface area contributed by atoms with E-state index in [9.17, 15) is 23.3 Å². The monoisotopic (exact) mass is 247 g/mol. The van der Waals surface area contributed by atoms with Gasteiger partial charge in [-0.2, -0.15) is 5.26 Å². The van der Waals surface area contributed by atoms with Crippen molar-refractivity contribution < 1.29 is 22.8 Å². The Morgan fingerprint density at radius 3 is 2.65 bits per heavy atom. The van der Waals surface area contributed by atoms with Crippen molar-refractivity contribution in [3.63, 3.8) is 0 Å². The van der Waals surface area contributed by atoms with Crippen molar-refractivity contribution in [3.05, 3.63) is 28.1 Å². The van der Waals surface area contributed by atoms with Crippen LogP contribution >= 0.6 is 0 Å². The summed E-state index contributed by atoms with van der Waals surface area (Å²) in [6, 6.07) is 1.57. The topological polar surface area (TPSA) is 89.0 Å². The highest BCUT2D eigenvalue weighted by molar-refractivity contribution is 5.50. The summed E-state index contributed by atoms with van der Waals surface area (Å²) in [5.74, 6) is -1.00. The molecule has 0 bridgehead atoms. The second-order valence-corrected chi connectivity index (χ2v) is 2.79. The van der Waals surface area contributed by atoms with Crippen LogP contribution in [0.25, 0.3) is 0 Å². The highest BCUT2D eigenvalue weighted by atomic mass is 19.4. The van der Waals surface area contributed by atoms with Crippen molar-refractivity contribution in [2.24, 2.45) is 0 Å². The first-order chi connectivity index (χ1) is 7.85. The van der Waals surface area contributed by atoms with E-state index in [1.54, 1.807) is 6.07 Å². The summed E-state index contributed by atoms with van der Waals surface area (Å²) in [5, 5.41) is 18.9. The maximum atomic E-state index is 12.1. The van der Waals surface area contributed by atoms with Gasteiger partial charge in [0, 0.05) is 11.8 Å². The highest BCUT2D eigenvalue weighted by Gasteiger charge is 2.36. The molecule has 0 fully saturated rings. The highest BCUT2D eigenvalue weighted by Crippen LogP contribution is 2.34. The van der Waals surface area contributed by atoms with Crippen molar-refractivity contribution in [1.29, 1.82) is 5.26 Å². The van der Waals surface area contributed by atoms with Gasteiger partial charge in [-0.3, -0.25) is 15.1 Å². The third kappa shape index (κ3) is 3.30. The van der Waals surface area contributed by atoms with Crippen LogP contribution in [-0.4, -0.2) is 16.3 Å². The maximum Gasteiger partial charge on any atom is 0.573 e. The van der Waals surface area contributed by atoms with E-state index >= 15 is 0 Å². The Kier molecular flexibility index (Phi) is 3.47. The van der Waals surface area contributed by atoms with Crippen LogP contribution in [-0.2, 0) is 6.42 Å². The van der Waals surface area contributed by atoms with Crippen molar-refractivity contribution in [2.45, 2.75) is 12.8 Å². The summed E-state index contributed by atoms with van der Waals surface area (Å²) < 4.78 is 39.7. The standard InChI is InChI=1S/C8H4F3N3O3/c9-8(10,11)17-7-5(1-2-12)3-13-4-6(7)14(15)16/h3-4H,1H2. The van der Waals surface area contributed by atoms with Gasteiger partial charge in [-0.1, -0.05) is 0 Å². The molecule has 1 aromatic rings. The molecule has 9 heteroatoms. The van der Waals surface area contributed by atoms with Gasteiger partial charge in [-0.15, -0.1) is 13.2 Å². The van der Waals surface area contributed by atoms with Crippen LogP contribution in [0.1, 0.15) is 5.56 Å². The molecule has 0 spiro atoms. The third-order valence-electron chi connectivity index (χ3n) is 1.64. The molecule has 6 nitrogen and oxygen atoms in total. The van der Waals surface area contributed by atoms with Crippen LogP contribution in [0.3, 0.4) is 0 Å². The van der Waals surface area contributed by atoms with E-state index in [1.807, 2.05) is 0 Å². The number of hydrogen-bond acceptors (Lipinski definition) is 5. The first kappa shape index (κ1) is 12.7. The molecule has 0 saturated heterocycles. The molecule has 1 rings (SSSR count). The van der Waals surface area contributed by atoms with E-state index < -0.39 is 29.1 Å². The number of halogens is 3. The van der Waals surface area contributed by atoms with Gasteiger partial charge in [0.2, 0.25) is 5.75 Å². The van der Waals surface area contributed by atoms with Crippen molar-refractivity contribution in [3.8, 4) is 11.8 Å². The van der Waals surface area contributed by atoms with E-state index in [0.717, 1.165) is 6.20 Å². The molecule has 1 aromatic heterocycles. The molecule has 90 valence electrons. The number of ether oxygens (including phenoxy) is 1. The largest absolute Gasteiger partial charge is 0.573 e. The summed E-state index contributed by atoms with van der Waals surface area (Å²) >= 11 is 0. The fraction of sp³-hybridized carbons (Fsp3) is 0.250. The number of aromatic nitrogens is 1. The summed E-state index contributed by atoms with van der Waals surface area (Å²) in [7, 11) is 0. The zero-order valence-electron chi connectivity index (χ0n) is 8.06. The number of hydrogen-bond donors (Lipinski definition) is 0. The minimum Gasteiger partial charge on any atom is -0.398 e. The lowest BCUT2D eigenvalue weighted by molar-refractivity contribution is -0.389. The van der Waals surface area contributed by atoms with Crippen LogP contribution < -0.4 is 4.74 Å². The molecule has 1 heterocycles. The van der Waals surface area contributed by atoms with E-state index in [4.69, 9.17) is 5.26 Å². The summed E-state index contributed by atoms with van der Waals surface area (Å²) in [6.45, 7) is 0. The van der Waals surface area contributed by atoms with Crippen molar-refractivity contribution >= 4 is 5.69 Å². The Hall–Kier alpha value is -2.37. The number of nitrogens with zero attached hydrogens (tertiary/aromatic N) is 3. The lowest BCUT2D eigenvalue weighted by Crippen LogP contribution is -2.19. The van der Waals surface area contributed by atoms with Gasteiger partial charge in [0.25, 0.3) is 0 Å². The predicted molar refractivity (Wildman–Crippen MR) is 46.9 cm³/mol. The minimum absolute atomic E-state index is 0.293. The van der Waals surface area contributed by atoms with Gasteiger partial charge in [0.15, 0.2) is 0 Å². The Morgan fingerprint density at radius 1 is 1.53 bits per heavy atom. The molecule has 0 aliphatic heterocycles. The summed E-state index contributed by atoms with van der Waals surface area (Å²) in [5.41, 5.74) is -1.23. The number of nitro groups is 1. The number of alkyl halides is 3. The Morgan fingerprint density at radius 2 is 2.18 bits per heavy atom. The molecule has 0 aliphatic carbocycles. The predicted octanol–water partition coefficient (Wildman–Crippen LogP) is 1.95. The Labute approximate surface area is 92.4 Å². The van der Waals surface area contributed by atoms with Gasteiger partial charge in [-0.05, 0) is 0 Å². The van der Waals surface area contributed by atoms with Gasteiger partial charge in [0.05, 0.1) is 17.4 Å². The lowest BCUT2D eigenvalue weighted by Gasteiger charge is -2.11. The average molecular weight is 247 g/mol. The van der Waals surface area contributed by atoms with Crippen LogP contribution in [0.4, 0.5) is 18.9 Å². The van der Waals surface area contributed by atoms with Crippen LogP contribution in [0.5, 0.6) is 5.75 Å². The van der Waals surface area contributed by atoms with Gasteiger partial charge in [-0.25, -0.2) is 0 Å². The minimum atomic E-state index is -5.07. The second-order valence-electron chi connectivity index (χ2n) is 2.79. The molecule has 0 unspecified atom stereocenters. The summed E-state index contributed by atoms with van der Waals surface area (Å²) in [6.07, 6.45) is -4.00. The molecule has 17 heavy (non-hydrogen) atoms. The smallest absolute Gasteiger partial charge is 0.398 e. The molecule has 0 amide bonds. The van der Waals surface area contributed by atoms with E-state index in [-0.39, 0.29) is 5.56 Å². The van der Waals surface area contributed by atoms with Crippen LogP contribution in [0.2, 0.25) is 0 Å². The average Bonchev–Trinajstić information content (AvgIpc) is 2.18. The second kappa shape index (κ2) is 4.65. The van der Waals surface area contributed by atoms with Crippen molar-refractivity contribution in [2.75, 3.05) is 0 Å². The molecule has 0 saturated carbocycles. The first-order valence-corrected chi connectivity index (χ1v) is 4.09. The van der Waals surface area contributed by atoms with Gasteiger partial charge in [0.1, 0.15) is 6.20 Å². The molecular formula is C8H4F3N3O3. The zero-order valence-corrected chi connectivity index (χ0v) is 8.06. The molecule has 0 N–H and O–H groups in total. The lowest BCUT2D eigenvalue weighted by atomic mass is 10.2. The fourth-order valence-electron chi connectivity index (χ4n) is 1.05. The molecule has 0 radical (unpaired) electrons. The Bertz CT molecular complexity index is 481. The molecule has 0 aliphatic rings. The molecule has 0 atom stereocenters. The number of pyridine rings is 1. The van der Waals surface area contributed by atoms with Crippen molar-refractivity contribution in [1.82, 2.24) is 4.98 Å². The van der Waals surface area contributed by atoms with Gasteiger partial charge < -0.3 is 4.74 Å². The van der Waals surface area contributed by atoms with Crippen LogP contribution in [0.15, 0.2) is 12.4 Å². The van der Waals surface area contributed by atoms with E-state index in [1.165, 1.54) is 0 Å². The van der Waals surface area contributed by atoms with Gasteiger partial charge >= 0.3 is 12.0 Å². The Balaban J connectivity index is 3.29. The SMILES string of the molecule is N#CCc1cncc([N+](=O)[O-])c1OC(F)(F)F. The van der Waals surface area contributed by atoms with Crippen LogP contribution in [0, 0.1) is 21.4 Å². The zero-order chi connectivity index (χ0) is 13.1. The molecule has 0 aromatic carbocycles. The normalized spacial score (nSPS) is 10.7. The molecular weight excluding hydrogens is 243 g/mol. The first-order valence-electron chi connectivity index (χ1n) is 4.09. The van der Waals surface area contributed by atoms with E-state index in [2.05, 4.69) is 9.72 Å². The summed E-state index contributed by atoms with van der Waals surface area (Å²) in [4.78, 5) is 12.8. The third-order valence-corrected chi connectivity index (χ3v) is 1.64. The maximum absolute atomic E-state index is 12.1. The number of rotatable bonds is 3. The fourth-order valence-corrected chi connectivity index (χ4v) is 1.05. The quantitative estimate of drug-likeness (QED) is 0.601. The van der Waals surface area contributed by atoms with E-state index in [0.29, 0.717) is 6.20 Å². The number of nitriles is 1.